The first-order valence-electron chi connectivity index (χ1n) is 8.96. The first kappa shape index (κ1) is 18.9. The minimum Gasteiger partial charge on any atom is -0.478 e. The molecule has 0 radical (unpaired) electrons. The molecule has 0 saturated carbocycles. The molecule has 8 nitrogen and oxygen atoms in total. The fourth-order valence-electron chi connectivity index (χ4n) is 3.00. The van der Waals surface area contributed by atoms with Gasteiger partial charge in [0.15, 0.2) is 0 Å². The number of hydrogen-bond donors (Lipinski definition) is 2. The van der Waals surface area contributed by atoms with Crippen LogP contribution < -0.4 is 5.32 Å². The average Bonchev–Trinajstić information content (AvgIpc) is 2.60. The van der Waals surface area contributed by atoms with Gasteiger partial charge in [0.1, 0.15) is 5.60 Å². The molecule has 1 aromatic carbocycles. The molecular formula is C19H24N4O4. The number of amides is 1. The number of nitrogens with one attached hydrogen (secondary N) is 1. The van der Waals surface area contributed by atoms with Gasteiger partial charge < -0.3 is 20.1 Å². The molecule has 27 heavy (non-hydrogen) atoms. The molecule has 2 N–H and O–H groups in total. The smallest absolute Gasteiger partial charge is 0.410 e. The minimum absolute atomic E-state index is 0.00590. The maximum Gasteiger partial charge on any atom is 0.410 e. The average molecular weight is 372 g/mol. The summed E-state index contributed by atoms with van der Waals surface area (Å²) >= 11 is 0. The van der Waals surface area contributed by atoms with Crippen LogP contribution in [0, 0.1) is 0 Å². The van der Waals surface area contributed by atoms with Crippen LogP contribution in [-0.2, 0) is 4.74 Å². The Kier molecular flexibility index (Phi) is 5.16. The first-order valence-corrected chi connectivity index (χ1v) is 8.96. The minimum atomic E-state index is -0.995. The van der Waals surface area contributed by atoms with Gasteiger partial charge in [-0.15, -0.1) is 0 Å². The van der Waals surface area contributed by atoms with E-state index in [0.29, 0.717) is 24.6 Å². The molecule has 1 aliphatic heterocycles. The summed E-state index contributed by atoms with van der Waals surface area (Å²) < 4.78 is 5.44. The van der Waals surface area contributed by atoms with Crippen molar-refractivity contribution in [2.24, 2.45) is 0 Å². The third-order valence-corrected chi connectivity index (χ3v) is 4.24. The van der Waals surface area contributed by atoms with Crippen molar-refractivity contribution in [2.45, 2.75) is 45.3 Å². The molecule has 1 amide bonds. The van der Waals surface area contributed by atoms with Crippen molar-refractivity contribution >= 4 is 28.9 Å². The van der Waals surface area contributed by atoms with Gasteiger partial charge in [0.05, 0.1) is 11.1 Å². The van der Waals surface area contributed by atoms with Crippen LogP contribution in [0.25, 0.3) is 10.9 Å². The Morgan fingerprint density at radius 1 is 1.33 bits per heavy atom. The zero-order chi connectivity index (χ0) is 19.6. The number of likely N-dealkylation sites (tertiary alicyclic amines) is 1. The van der Waals surface area contributed by atoms with Gasteiger partial charge in [0.25, 0.3) is 0 Å². The van der Waals surface area contributed by atoms with E-state index in [1.165, 1.54) is 12.1 Å². The van der Waals surface area contributed by atoms with Crippen LogP contribution in [0.15, 0.2) is 24.4 Å². The van der Waals surface area contributed by atoms with Crippen molar-refractivity contribution in [1.29, 1.82) is 0 Å². The highest BCUT2D eigenvalue weighted by molar-refractivity contribution is 5.93. The molecule has 1 aromatic heterocycles. The van der Waals surface area contributed by atoms with Crippen molar-refractivity contribution in [3.05, 3.63) is 30.0 Å². The summed E-state index contributed by atoms with van der Waals surface area (Å²) in [4.78, 5) is 33.8. The van der Waals surface area contributed by atoms with Crippen LogP contribution >= 0.6 is 0 Å². The lowest BCUT2D eigenvalue weighted by Gasteiger charge is -2.34. The van der Waals surface area contributed by atoms with Gasteiger partial charge >= 0.3 is 12.1 Å². The van der Waals surface area contributed by atoms with E-state index in [2.05, 4.69) is 15.3 Å². The van der Waals surface area contributed by atoms with E-state index in [9.17, 15) is 9.59 Å². The summed E-state index contributed by atoms with van der Waals surface area (Å²) in [5, 5.41) is 13.1. The third-order valence-electron chi connectivity index (χ3n) is 4.24. The number of anilines is 1. The van der Waals surface area contributed by atoms with Crippen LogP contribution in [0.5, 0.6) is 0 Å². The zero-order valence-electron chi connectivity index (χ0n) is 15.7. The van der Waals surface area contributed by atoms with Crippen LogP contribution in [0.1, 0.15) is 44.0 Å². The summed E-state index contributed by atoms with van der Waals surface area (Å²) in [6.07, 6.45) is 3.08. The topological polar surface area (TPSA) is 105 Å². The largest absolute Gasteiger partial charge is 0.478 e. The van der Waals surface area contributed by atoms with Gasteiger partial charge in [-0.2, -0.15) is 0 Å². The van der Waals surface area contributed by atoms with Gasteiger partial charge in [-0.25, -0.2) is 19.6 Å². The van der Waals surface area contributed by atoms with Gasteiger partial charge in [0, 0.05) is 30.7 Å². The molecule has 8 heteroatoms. The number of benzene rings is 1. The Morgan fingerprint density at radius 3 is 2.81 bits per heavy atom. The molecule has 1 fully saturated rings. The summed E-state index contributed by atoms with van der Waals surface area (Å²) in [6, 6.07) is 4.75. The van der Waals surface area contributed by atoms with Crippen molar-refractivity contribution in [3.8, 4) is 0 Å². The number of carboxylic acid groups (broad SMARTS) is 1. The highest BCUT2D eigenvalue weighted by atomic mass is 16.6. The highest BCUT2D eigenvalue weighted by Gasteiger charge is 2.28. The predicted molar refractivity (Wildman–Crippen MR) is 101 cm³/mol. The molecule has 3 rings (SSSR count). The number of aromatic nitrogens is 2. The second-order valence-corrected chi connectivity index (χ2v) is 7.68. The first-order chi connectivity index (χ1) is 12.7. The molecule has 1 atom stereocenters. The van der Waals surface area contributed by atoms with E-state index in [1.54, 1.807) is 17.2 Å². The maximum atomic E-state index is 12.3. The van der Waals surface area contributed by atoms with Crippen molar-refractivity contribution < 1.29 is 19.4 Å². The molecule has 2 heterocycles. The molecule has 1 saturated heterocycles. The lowest BCUT2D eigenvalue weighted by atomic mass is 10.1. The lowest BCUT2D eigenvalue weighted by molar-refractivity contribution is 0.0206. The number of hydrogen-bond acceptors (Lipinski definition) is 6. The van der Waals surface area contributed by atoms with E-state index in [4.69, 9.17) is 9.84 Å². The number of carbonyl (C=O) groups excluding carboxylic acids is 1. The summed E-state index contributed by atoms with van der Waals surface area (Å²) in [7, 11) is 0. The molecule has 0 spiro atoms. The van der Waals surface area contributed by atoms with Gasteiger partial charge in [0.2, 0.25) is 5.95 Å². The molecule has 144 valence electrons. The Morgan fingerprint density at radius 2 is 2.11 bits per heavy atom. The summed E-state index contributed by atoms with van der Waals surface area (Å²) in [5.74, 6) is -0.577. The second-order valence-electron chi connectivity index (χ2n) is 7.68. The Balaban J connectivity index is 1.70. The Bertz CT molecular complexity index is 862. The highest BCUT2D eigenvalue weighted by Crippen LogP contribution is 2.19. The maximum absolute atomic E-state index is 12.3. The van der Waals surface area contributed by atoms with Crippen LogP contribution in [0.3, 0.4) is 0 Å². The fourth-order valence-corrected chi connectivity index (χ4v) is 3.00. The Labute approximate surface area is 157 Å². The summed E-state index contributed by atoms with van der Waals surface area (Å²) in [6.45, 7) is 6.70. The lowest BCUT2D eigenvalue weighted by Crippen LogP contribution is -2.47. The summed E-state index contributed by atoms with van der Waals surface area (Å²) in [5.41, 5.74) is 0.217. The number of nitrogens with zero attached hydrogens (tertiary/aromatic N) is 3. The number of carbonyl (C=O) groups is 2. The van der Waals surface area contributed by atoms with E-state index in [-0.39, 0.29) is 17.7 Å². The van der Waals surface area contributed by atoms with Gasteiger partial charge in [-0.1, -0.05) is 6.07 Å². The normalized spacial score (nSPS) is 17.6. The van der Waals surface area contributed by atoms with Crippen molar-refractivity contribution in [2.75, 3.05) is 18.4 Å². The number of fused-ring (bicyclic) bond motifs is 1. The third kappa shape index (κ3) is 4.84. The van der Waals surface area contributed by atoms with Crippen molar-refractivity contribution in [1.82, 2.24) is 14.9 Å². The fraction of sp³-hybridized carbons (Fsp3) is 0.474. The van der Waals surface area contributed by atoms with Crippen molar-refractivity contribution in [3.63, 3.8) is 0 Å². The van der Waals surface area contributed by atoms with Crippen LogP contribution in [-0.4, -0.2) is 56.8 Å². The molecule has 1 unspecified atom stereocenters. The monoisotopic (exact) mass is 372 g/mol. The number of aromatic carboxylic acids is 1. The number of rotatable bonds is 3. The zero-order valence-corrected chi connectivity index (χ0v) is 15.7. The SMILES string of the molecule is CC(C)(C)OC(=O)N1CCCC(Nc2ncc3ccc(C(=O)O)cc3n2)C1. The quantitative estimate of drug-likeness (QED) is 0.853. The predicted octanol–water partition coefficient (Wildman–Crippen LogP) is 3.14. The molecule has 0 aliphatic carbocycles. The number of ether oxygens (including phenoxy) is 1. The molecule has 1 aliphatic rings. The van der Waals surface area contributed by atoms with E-state index >= 15 is 0 Å². The van der Waals surface area contributed by atoms with Gasteiger partial charge in [-0.05, 0) is 45.7 Å². The molecule has 2 aromatic rings. The van der Waals surface area contributed by atoms with E-state index in [0.717, 1.165) is 18.2 Å². The Hall–Kier alpha value is -2.90. The second kappa shape index (κ2) is 7.38. The van der Waals surface area contributed by atoms with E-state index in [1.807, 2.05) is 20.8 Å². The molecule has 0 bridgehead atoms. The van der Waals surface area contributed by atoms with E-state index < -0.39 is 11.6 Å². The van der Waals surface area contributed by atoms with Crippen LogP contribution in [0.4, 0.5) is 10.7 Å². The molecular weight excluding hydrogens is 348 g/mol. The number of carboxylic acids is 1. The van der Waals surface area contributed by atoms with Gasteiger partial charge in [-0.3, -0.25) is 0 Å². The number of piperidine rings is 1. The van der Waals surface area contributed by atoms with Crippen LogP contribution in [0.2, 0.25) is 0 Å². The standard InChI is InChI=1S/C19H24N4O4/c1-19(2,3)27-18(26)23-8-4-5-14(11-23)21-17-20-10-13-7-6-12(16(24)25)9-15(13)22-17/h6-7,9-10,14H,4-5,8,11H2,1-3H3,(H,24,25)(H,20,21,22).